The maximum Gasteiger partial charge on any atom is 0.269 e. The number of benzene rings is 2. The SMILES string of the molecule is C[C@H](NC(=O)CN1C(=O)c2ccccc2S1(=O)=O)c1ccc(Cl)c(Cl)c1. The lowest BCUT2D eigenvalue weighted by atomic mass is 10.1. The number of amides is 2. The lowest BCUT2D eigenvalue weighted by Crippen LogP contribution is -2.41. The molecule has 1 heterocycles. The van der Waals surface area contributed by atoms with Crippen molar-refractivity contribution >= 4 is 45.0 Å². The summed E-state index contributed by atoms with van der Waals surface area (Å²) in [4.78, 5) is 24.5. The van der Waals surface area contributed by atoms with E-state index in [9.17, 15) is 18.0 Å². The maximum absolute atomic E-state index is 12.5. The van der Waals surface area contributed by atoms with Crippen LogP contribution >= 0.6 is 23.2 Å². The van der Waals surface area contributed by atoms with Gasteiger partial charge in [-0.15, -0.1) is 0 Å². The summed E-state index contributed by atoms with van der Waals surface area (Å²) < 4.78 is 25.5. The van der Waals surface area contributed by atoms with Gasteiger partial charge in [0.25, 0.3) is 15.9 Å². The van der Waals surface area contributed by atoms with Crippen molar-refractivity contribution in [2.75, 3.05) is 6.54 Å². The van der Waals surface area contributed by atoms with Crippen LogP contribution in [0.1, 0.15) is 28.9 Å². The van der Waals surface area contributed by atoms with Gasteiger partial charge in [-0.1, -0.05) is 41.4 Å². The van der Waals surface area contributed by atoms with E-state index >= 15 is 0 Å². The van der Waals surface area contributed by atoms with Crippen molar-refractivity contribution in [3.05, 3.63) is 63.6 Å². The first-order valence-corrected chi connectivity index (χ1v) is 9.82. The summed E-state index contributed by atoms with van der Waals surface area (Å²) in [6, 6.07) is 10.3. The van der Waals surface area contributed by atoms with E-state index in [4.69, 9.17) is 23.2 Å². The number of sulfonamides is 1. The van der Waals surface area contributed by atoms with Gasteiger partial charge in [-0.05, 0) is 36.8 Å². The number of fused-ring (bicyclic) bond motifs is 1. The van der Waals surface area contributed by atoms with E-state index in [0.717, 1.165) is 0 Å². The highest BCUT2D eigenvalue weighted by molar-refractivity contribution is 7.90. The van der Waals surface area contributed by atoms with Crippen LogP contribution in [0.5, 0.6) is 0 Å². The summed E-state index contributed by atoms with van der Waals surface area (Å²) in [5, 5.41) is 3.39. The number of carbonyl (C=O) groups excluding carboxylic acids is 2. The van der Waals surface area contributed by atoms with E-state index in [2.05, 4.69) is 5.32 Å². The van der Waals surface area contributed by atoms with Crippen LogP contribution in [0, 0.1) is 0 Å². The largest absolute Gasteiger partial charge is 0.348 e. The van der Waals surface area contributed by atoms with Crippen LogP contribution in [0.25, 0.3) is 0 Å². The normalized spacial score (nSPS) is 16.3. The molecule has 0 radical (unpaired) electrons. The summed E-state index contributed by atoms with van der Waals surface area (Å²) in [6.45, 7) is 1.12. The molecule has 1 aliphatic rings. The van der Waals surface area contributed by atoms with Gasteiger partial charge in [-0.2, -0.15) is 0 Å². The topological polar surface area (TPSA) is 83.6 Å². The lowest BCUT2D eigenvalue weighted by Gasteiger charge is -2.18. The molecule has 0 unspecified atom stereocenters. The molecule has 9 heteroatoms. The van der Waals surface area contributed by atoms with Crippen LogP contribution < -0.4 is 5.32 Å². The Balaban J connectivity index is 1.74. The molecule has 1 aliphatic heterocycles. The molecule has 26 heavy (non-hydrogen) atoms. The van der Waals surface area contributed by atoms with Crippen LogP contribution in [-0.4, -0.2) is 31.1 Å². The third-order valence-electron chi connectivity index (χ3n) is 4.02. The first-order valence-electron chi connectivity index (χ1n) is 7.62. The highest BCUT2D eigenvalue weighted by Gasteiger charge is 2.41. The van der Waals surface area contributed by atoms with Crippen LogP contribution in [-0.2, 0) is 14.8 Å². The predicted molar refractivity (Wildman–Crippen MR) is 97.7 cm³/mol. The van der Waals surface area contributed by atoms with Crippen molar-refractivity contribution in [2.45, 2.75) is 17.9 Å². The van der Waals surface area contributed by atoms with Gasteiger partial charge in [0.1, 0.15) is 11.4 Å². The number of hydrogen-bond donors (Lipinski definition) is 1. The van der Waals surface area contributed by atoms with Gasteiger partial charge in [0.15, 0.2) is 0 Å². The molecule has 0 aliphatic carbocycles. The van der Waals surface area contributed by atoms with Crippen molar-refractivity contribution in [1.82, 2.24) is 9.62 Å². The fraction of sp³-hybridized carbons (Fsp3) is 0.176. The zero-order chi connectivity index (χ0) is 19.1. The van der Waals surface area contributed by atoms with Crippen molar-refractivity contribution in [2.24, 2.45) is 0 Å². The molecule has 0 bridgehead atoms. The summed E-state index contributed by atoms with van der Waals surface area (Å²) in [5.74, 6) is -1.31. The summed E-state index contributed by atoms with van der Waals surface area (Å²) >= 11 is 11.8. The molecule has 0 fully saturated rings. The smallest absolute Gasteiger partial charge is 0.269 e. The zero-order valence-electron chi connectivity index (χ0n) is 13.6. The van der Waals surface area contributed by atoms with Crippen LogP contribution in [0.4, 0.5) is 0 Å². The Bertz CT molecular complexity index is 1010. The fourth-order valence-electron chi connectivity index (χ4n) is 2.67. The molecule has 3 rings (SSSR count). The van der Waals surface area contributed by atoms with Gasteiger partial charge in [-0.25, -0.2) is 12.7 Å². The number of carbonyl (C=O) groups is 2. The Morgan fingerprint density at radius 2 is 1.85 bits per heavy atom. The van der Waals surface area contributed by atoms with Gasteiger partial charge in [0.05, 0.1) is 21.7 Å². The highest BCUT2D eigenvalue weighted by atomic mass is 35.5. The van der Waals surface area contributed by atoms with E-state index in [0.29, 0.717) is 19.9 Å². The molecule has 136 valence electrons. The van der Waals surface area contributed by atoms with Gasteiger partial charge in [0.2, 0.25) is 5.91 Å². The first-order chi connectivity index (χ1) is 12.2. The van der Waals surface area contributed by atoms with Crippen molar-refractivity contribution in [1.29, 1.82) is 0 Å². The third kappa shape index (κ3) is 3.30. The average Bonchev–Trinajstić information content (AvgIpc) is 2.78. The Labute approximate surface area is 160 Å². The molecule has 0 spiro atoms. The van der Waals surface area contributed by atoms with Crippen molar-refractivity contribution < 1.29 is 18.0 Å². The second-order valence-electron chi connectivity index (χ2n) is 5.78. The molecule has 0 saturated heterocycles. The Hall–Kier alpha value is -2.09. The molecule has 2 aromatic rings. The fourth-order valence-corrected chi connectivity index (χ4v) is 4.50. The van der Waals surface area contributed by atoms with E-state index in [1.807, 2.05) is 0 Å². The molecule has 0 aromatic heterocycles. The van der Waals surface area contributed by atoms with Gasteiger partial charge >= 0.3 is 0 Å². The minimum atomic E-state index is -4.02. The number of rotatable bonds is 4. The van der Waals surface area contributed by atoms with Crippen LogP contribution in [0.3, 0.4) is 0 Å². The van der Waals surface area contributed by atoms with Gasteiger partial charge < -0.3 is 5.32 Å². The minimum absolute atomic E-state index is 0.0674. The van der Waals surface area contributed by atoms with Crippen molar-refractivity contribution in [3.63, 3.8) is 0 Å². The molecular formula is C17H14Cl2N2O4S. The average molecular weight is 413 g/mol. The predicted octanol–water partition coefficient (Wildman–Crippen LogP) is 3.02. The second-order valence-corrected chi connectivity index (χ2v) is 8.42. The quantitative estimate of drug-likeness (QED) is 0.836. The third-order valence-corrected chi connectivity index (χ3v) is 6.55. The number of halogens is 2. The van der Waals surface area contributed by atoms with E-state index in [1.54, 1.807) is 31.2 Å². The minimum Gasteiger partial charge on any atom is -0.348 e. The zero-order valence-corrected chi connectivity index (χ0v) is 15.9. The maximum atomic E-state index is 12.5. The van der Waals surface area contributed by atoms with Crippen molar-refractivity contribution in [3.8, 4) is 0 Å². The van der Waals surface area contributed by atoms with Gasteiger partial charge in [-0.3, -0.25) is 9.59 Å². The highest BCUT2D eigenvalue weighted by Crippen LogP contribution is 2.30. The van der Waals surface area contributed by atoms with E-state index < -0.39 is 34.4 Å². The summed E-state index contributed by atoms with van der Waals surface area (Å²) in [5.41, 5.74) is 0.768. The lowest BCUT2D eigenvalue weighted by molar-refractivity contribution is -0.121. The second kappa shape index (κ2) is 6.90. The standard InChI is InChI=1S/C17H14Cl2N2O4S/c1-10(11-6-7-13(18)14(19)8-11)20-16(22)9-21-17(23)12-4-2-3-5-15(12)26(21,24)25/h2-8,10H,9H2,1H3,(H,20,22)/t10-/m0/s1. The molecule has 1 atom stereocenters. The molecular weight excluding hydrogens is 399 g/mol. The number of nitrogens with one attached hydrogen (secondary N) is 1. The molecule has 2 aromatic carbocycles. The Morgan fingerprint density at radius 3 is 2.50 bits per heavy atom. The molecule has 1 N–H and O–H groups in total. The molecule has 0 saturated carbocycles. The Morgan fingerprint density at radius 1 is 1.15 bits per heavy atom. The molecule has 2 amide bonds. The van der Waals surface area contributed by atoms with E-state index in [1.165, 1.54) is 18.2 Å². The number of nitrogens with zero attached hydrogens (tertiary/aromatic N) is 1. The number of hydrogen-bond acceptors (Lipinski definition) is 4. The van der Waals surface area contributed by atoms with E-state index in [-0.39, 0.29) is 10.5 Å². The van der Waals surface area contributed by atoms with Crippen LogP contribution in [0.15, 0.2) is 47.4 Å². The summed E-state index contributed by atoms with van der Waals surface area (Å²) in [6.07, 6.45) is 0. The molecule has 6 nitrogen and oxygen atoms in total. The Kier molecular flexibility index (Phi) is 4.96. The van der Waals surface area contributed by atoms with Crippen LogP contribution in [0.2, 0.25) is 10.0 Å². The summed E-state index contributed by atoms with van der Waals surface area (Å²) in [7, 11) is -4.02. The first kappa shape index (κ1) is 18.7. The van der Waals surface area contributed by atoms with Gasteiger partial charge in [0, 0.05) is 0 Å². The monoisotopic (exact) mass is 412 g/mol.